The molecule has 4 rings (SSSR count). The summed E-state index contributed by atoms with van der Waals surface area (Å²) < 4.78 is 15.7. The molecule has 0 aliphatic rings. The van der Waals surface area contributed by atoms with Crippen molar-refractivity contribution in [3.05, 3.63) is 95.3 Å². The summed E-state index contributed by atoms with van der Waals surface area (Å²) in [5, 5.41) is 1.13. The molecule has 0 aliphatic carbocycles. The van der Waals surface area contributed by atoms with Crippen LogP contribution in [0.15, 0.2) is 72.8 Å². The van der Waals surface area contributed by atoms with Gasteiger partial charge in [0.25, 0.3) is 0 Å². The van der Waals surface area contributed by atoms with Crippen LogP contribution >= 0.6 is 0 Å². The number of benzene rings is 3. The van der Waals surface area contributed by atoms with Gasteiger partial charge in [0.05, 0.1) is 11.3 Å². The van der Waals surface area contributed by atoms with Crippen LogP contribution in [0, 0.1) is 24.6 Å². The third-order valence-corrected chi connectivity index (χ3v) is 4.64. The van der Waals surface area contributed by atoms with Crippen LogP contribution in [-0.4, -0.2) is 4.57 Å². The Balaban J connectivity index is 1.95. The molecule has 1 aromatic heterocycles. The standard InChI is InChI=1S/C24H18FN/c1-17-16-18(13-15-22(17)25)12-14-21-20-10-6-7-11-23(20)26(2)24(21)19-8-4-3-5-9-19/h3-11,13,15-16H,1-2H3. The molecular formula is C24H18FN. The van der Waals surface area contributed by atoms with Gasteiger partial charge in [-0.05, 0) is 42.3 Å². The van der Waals surface area contributed by atoms with Gasteiger partial charge in [-0.25, -0.2) is 4.39 Å². The zero-order valence-electron chi connectivity index (χ0n) is 14.8. The van der Waals surface area contributed by atoms with Gasteiger partial charge < -0.3 is 4.57 Å². The van der Waals surface area contributed by atoms with E-state index >= 15 is 0 Å². The maximum atomic E-state index is 13.5. The number of rotatable bonds is 1. The highest BCUT2D eigenvalue weighted by molar-refractivity contribution is 5.95. The third kappa shape index (κ3) is 2.78. The number of aromatic nitrogens is 1. The molecular weight excluding hydrogens is 321 g/mol. The van der Waals surface area contributed by atoms with E-state index in [2.05, 4.69) is 47.7 Å². The summed E-state index contributed by atoms with van der Waals surface area (Å²) >= 11 is 0. The van der Waals surface area contributed by atoms with Gasteiger partial charge in [-0.1, -0.05) is 60.4 Å². The molecule has 0 aliphatic heterocycles. The number of nitrogens with zero attached hydrogens (tertiary/aromatic N) is 1. The summed E-state index contributed by atoms with van der Waals surface area (Å²) in [6.07, 6.45) is 0. The number of hydrogen-bond acceptors (Lipinski definition) is 0. The first kappa shape index (κ1) is 16.2. The zero-order chi connectivity index (χ0) is 18.1. The van der Waals surface area contributed by atoms with E-state index < -0.39 is 0 Å². The van der Waals surface area contributed by atoms with Crippen LogP contribution in [0.5, 0.6) is 0 Å². The van der Waals surface area contributed by atoms with Gasteiger partial charge in [-0.2, -0.15) is 0 Å². The van der Waals surface area contributed by atoms with E-state index in [-0.39, 0.29) is 5.82 Å². The lowest BCUT2D eigenvalue weighted by molar-refractivity contribution is 0.618. The smallest absolute Gasteiger partial charge is 0.126 e. The van der Waals surface area contributed by atoms with Crippen molar-refractivity contribution in [2.75, 3.05) is 0 Å². The molecule has 0 amide bonds. The Bertz CT molecular complexity index is 1160. The maximum absolute atomic E-state index is 13.5. The van der Waals surface area contributed by atoms with E-state index in [0.717, 1.165) is 33.3 Å². The molecule has 126 valence electrons. The maximum Gasteiger partial charge on any atom is 0.126 e. The summed E-state index contributed by atoms with van der Waals surface area (Å²) in [4.78, 5) is 0. The third-order valence-electron chi connectivity index (χ3n) is 4.64. The molecule has 2 heteroatoms. The molecule has 4 aromatic rings. The monoisotopic (exact) mass is 339 g/mol. The molecule has 0 bridgehead atoms. The number of hydrogen-bond donors (Lipinski definition) is 0. The molecule has 0 spiro atoms. The van der Waals surface area contributed by atoms with Crippen LogP contribution in [0.1, 0.15) is 16.7 Å². The lowest BCUT2D eigenvalue weighted by Gasteiger charge is -2.05. The molecule has 0 saturated heterocycles. The second kappa shape index (κ2) is 6.54. The highest BCUT2D eigenvalue weighted by Crippen LogP contribution is 2.32. The highest BCUT2D eigenvalue weighted by Gasteiger charge is 2.14. The Kier molecular flexibility index (Phi) is 4.07. The Labute approximate surface area is 152 Å². The second-order valence-electron chi connectivity index (χ2n) is 6.38. The topological polar surface area (TPSA) is 4.93 Å². The number of para-hydroxylation sites is 1. The van der Waals surface area contributed by atoms with Crippen LogP contribution < -0.4 is 0 Å². The summed E-state index contributed by atoms with van der Waals surface area (Å²) in [6.45, 7) is 1.76. The van der Waals surface area contributed by atoms with Crippen molar-refractivity contribution in [2.24, 2.45) is 7.05 Å². The molecule has 0 unspecified atom stereocenters. The lowest BCUT2D eigenvalue weighted by Crippen LogP contribution is -1.92. The number of fused-ring (bicyclic) bond motifs is 1. The van der Waals surface area contributed by atoms with Crippen molar-refractivity contribution in [2.45, 2.75) is 6.92 Å². The van der Waals surface area contributed by atoms with Crippen LogP contribution in [0.4, 0.5) is 4.39 Å². The molecule has 0 atom stereocenters. The summed E-state index contributed by atoms with van der Waals surface area (Å²) in [5.74, 6) is 6.36. The number of aryl methyl sites for hydroxylation is 2. The van der Waals surface area contributed by atoms with Gasteiger partial charge in [-0.15, -0.1) is 0 Å². The van der Waals surface area contributed by atoms with Gasteiger partial charge >= 0.3 is 0 Å². The first-order chi connectivity index (χ1) is 12.6. The van der Waals surface area contributed by atoms with Crippen LogP contribution in [-0.2, 0) is 7.05 Å². The van der Waals surface area contributed by atoms with Crippen molar-refractivity contribution >= 4 is 10.9 Å². The van der Waals surface area contributed by atoms with E-state index in [9.17, 15) is 4.39 Å². The predicted octanol–water partition coefficient (Wildman–Crippen LogP) is 5.69. The second-order valence-corrected chi connectivity index (χ2v) is 6.38. The first-order valence-electron chi connectivity index (χ1n) is 8.56. The average molecular weight is 339 g/mol. The van der Waals surface area contributed by atoms with Gasteiger partial charge in [0.2, 0.25) is 0 Å². The van der Waals surface area contributed by atoms with Gasteiger partial charge in [0, 0.05) is 23.5 Å². The Morgan fingerprint density at radius 1 is 0.846 bits per heavy atom. The average Bonchev–Trinajstić information content (AvgIpc) is 2.96. The highest BCUT2D eigenvalue weighted by atomic mass is 19.1. The molecule has 1 nitrogen and oxygen atoms in total. The van der Waals surface area contributed by atoms with E-state index in [1.807, 2.05) is 30.3 Å². The molecule has 0 N–H and O–H groups in total. The fraction of sp³-hybridized carbons (Fsp3) is 0.0833. The molecule has 0 fully saturated rings. The van der Waals surface area contributed by atoms with Crippen molar-refractivity contribution in [3.63, 3.8) is 0 Å². The fourth-order valence-corrected chi connectivity index (χ4v) is 3.31. The summed E-state index contributed by atoms with van der Waals surface area (Å²) in [6, 6.07) is 23.5. The van der Waals surface area contributed by atoms with Gasteiger partial charge in [-0.3, -0.25) is 0 Å². The van der Waals surface area contributed by atoms with Crippen LogP contribution in [0.3, 0.4) is 0 Å². The molecule has 0 saturated carbocycles. The largest absolute Gasteiger partial charge is 0.343 e. The van der Waals surface area contributed by atoms with Crippen molar-refractivity contribution in [1.82, 2.24) is 4.57 Å². The summed E-state index contributed by atoms with van der Waals surface area (Å²) in [5.41, 5.74) is 5.79. The van der Waals surface area contributed by atoms with Crippen molar-refractivity contribution < 1.29 is 4.39 Å². The van der Waals surface area contributed by atoms with Crippen LogP contribution in [0.25, 0.3) is 22.2 Å². The number of halogens is 1. The minimum atomic E-state index is -0.203. The normalized spacial score (nSPS) is 10.6. The minimum absolute atomic E-state index is 0.203. The SMILES string of the molecule is Cc1cc(C#Cc2c(-c3ccccc3)n(C)c3ccccc23)ccc1F. The fourth-order valence-electron chi connectivity index (χ4n) is 3.31. The Hall–Kier alpha value is -3.31. The van der Waals surface area contributed by atoms with E-state index in [4.69, 9.17) is 0 Å². The van der Waals surface area contributed by atoms with Crippen molar-refractivity contribution in [3.8, 4) is 23.1 Å². The zero-order valence-corrected chi connectivity index (χ0v) is 14.8. The quantitative estimate of drug-likeness (QED) is 0.392. The summed E-state index contributed by atoms with van der Waals surface area (Å²) in [7, 11) is 2.07. The predicted molar refractivity (Wildman–Crippen MR) is 105 cm³/mol. The molecule has 3 aromatic carbocycles. The lowest BCUT2D eigenvalue weighted by atomic mass is 10.0. The Morgan fingerprint density at radius 3 is 2.35 bits per heavy atom. The molecule has 0 radical (unpaired) electrons. The Morgan fingerprint density at radius 2 is 1.58 bits per heavy atom. The first-order valence-corrected chi connectivity index (χ1v) is 8.56. The van der Waals surface area contributed by atoms with Gasteiger partial charge in [0.15, 0.2) is 0 Å². The van der Waals surface area contributed by atoms with Crippen LogP contribution in [0.2, 0.25) is 0 Å². The van der Waals surface area contributed by atoms with E-state index in [0.29, 0.717) is 5.56 Å². The molecule has 1 heterocycles. The van der Waals surface area contributed by atoms with E-state index in [1.165, 1.54) is 6.07 Å². The van der Waals surface area contributed by atoms with E-state index in [1.54, 1.807) is 19.1 Å². The minimum Gasteiger partial charge on any atom is -0.343 e. The van der Waals surface area contributed by atoms with Gasteiger partial charge in [0.1, 0.15) is 5.82 Å². The molecule has 26 heavy (non-hydrogen) atoms. The van der Waals surface area contributed by atoms with Crippen molar-refractivity contribution in [1.29, 1.82) is 0 Å².